The second-order valence-corrected chi connectivity index (χ2v) is 6.40. The summed E-state index contributed by atoms with van der Waals surface area (Å²) < 4.78 is 0. The molecular weight excluding hydrogens is 224 g/mol. The molecule has 0 aromatic carbocycles. The maximum Gasteiger partial charge on any atom is 0.266 e. The predicted molar refractivity (Wildman–Crippen MR) is 73.8 cm³/mol. The molecule has 0 unspecified atom stereocenters. The van der Waals surface area contributed by atoms with Crippen LogP contribution in [-0.2, 0) is 10.8 Å². The van der Waals surface area contributed by atoms with Gasteiger partial charge >= 0.3 is 0 Å². The highest BCUT2D eigenvalue weighted by Crippen LogP contribution is 2.30. The molecule has 0 aliphatic heterocycles. The van der Waals surface area contributed by atoms with E-state index in [1.165, 1.54) is 0 Å². The van der Waals surface area contributed by atoms with Gasteiger partial charge in [-0.1, -0.05) is 41.5 Å². The zero-order valence-corrected chi connectivity index (χ0v) is 12.1. The highest BCUT2D eigenvalue weighted by atomic mass is 16.1. The molecule has 0 aliphatic rings. The molecule has 0 fully saturated rings. The van der Waals surface area contributed by atoms with Gasteiger partial charge in [-0.2, -0.15) is 5.26 Å². The lowest BCUT2D eigenvalue weighted by Gasteiger charge is -2.27. The molecule has 1 rings (SSSR count). The molecule has 1 N–H and O–H groups in total. The number of H-pyrrole nitrogens is 1. The minimum atomic E-state index is -0.276. The van der Waals surface area contributed by atoms with Crippen molar-refractivity contribution in [3.8, 4) is 6.07 Å². The molecule has 3 nitrogen and oxygen atoms in total. The van der Waals surface area contributed by atoms with Gasteiger partial charge in [0.05, 0.1) is 0 Å². The molecule has 0 bridgehead atoms. The van der Waals surface area contributed by atoms with Crippen LogP contribution in [0.25, 0.3) is 0 Å². The lowest BCUT2D eigenvalue weighted by Crippen LogP contribution is -2.28. The number of aromatic amines is 1. The van der Waals surface area contributed by atoms with Crippen molar-refractivity contribution in [2.24, 2.45) is 0 Å². The first-order chi connectivity index (χ1) is 8.13. The van der Waals surface area contributed by atoms with Crippen LogP contribution in [0.3, 0.4) is 0 Å². The Labute approximate surface area is 109 Å². The van der Waals surface area contributed by atoms with Gasteiger partial charge in [0.1, 0.15) is 11.6 Å². The third kappa shape index (κ3) is 2.64. The average molecular weight is 246 g/mol. The van der Waals surface area contributed by atoms with Crippen LogP contribution >= 0.6 is 0 Å². The lowest BCUT2D eigenvalue weighted by molar-refractivity contribution is 0.484. The number of rotatable bonds is 2. The molecule has 1 aromatic rings. The number of nitrogens with zero attached hydrogens (tertiary/aromatic N) is 1. The van der Waals surface area contributed by atoms with Gasteiger partial charge < -0.3 is 4.98 Å². The van der Waals surface area contributed by atoms with E-state index in [1.54, 1.807) is 0 Å². The van der Waals surface area contributed by atoms with Crippen LogP contribution in [0.5, 0.6) is 0 Å². The third-order valence-corrected chi connectivity index (χ3v) is 3.57. The van der Waals surface area contributed by atoms with Crippen LogP contribution in [0.15, 0.2) is 10.9 Å². The maximum atomic E-state index is 12.0. The van der Waals surface area contributed by atoms with Crippen molar-refractivity contribution < 1.29 is 0 Å². The highest BCUT2D eigenvalue weighted by molar-refractivity contribution is 5.42. The van der Waals surface area contributed by atoms with E-state index in [0.717, 1.165) is 17.7 Å². The van der Waals surface area contributed by atoms with E-state index in [9.17, 15) is 4.79 Å². The molecule has 1 aromatic heterocycles. The van der Waals surface area contributed by atoms with Gasteiger partial charge in [-0.05, 0) is 23.5 Å². The summed E-state index contributed by atoms with van der Waals surface area (Å²) in [5.41, 5.74) is 1.38. The van der Waals surface area contributed by atoms with Gasteiger partial charge in [-0.15, -0.1) is 0 Å². The van der Waals surface area contributed by atoms with Gasteiger partial charge in [0.15, 0.2) is 0 Å². The SMILES string of the molecule is CCC(C)(C)c1cc(C(C)(C)C)c(C#N)c(=O)[nH]1. The quantitative estimate of drug-likeness (QED) is 0.871. The summed E-state index contributed by atoms with van der Waals surface area (Å²) in [6, 6.07) is 4.00. The summed E-state index contributed by atoms with van der Waals surface area (Å²) in [4.78, 5) is 14.9. The van der Waals surface area contributed by atoms with Crippen LogP contribution < -0.4 is 5.56 Å². The first-order valence-electron chi connectivity index (χ1n) is 6.32. The van der Waals surface area contributed by atoms with Crippen LogP contribution in [-0.4, -0.2) is 4.98 Å². The summed E-state index contributed by atoms with van der Waals surface area (Å²) in [6.07, 6.45) is 0.929. The average Bonchev–Trinajstić information content (AvgIpc) is 2.26. The van der Waals surface area contributed by atoms with Gasteiger partial charge in [-0.25, -0.2) is 0 Å². The van der Waals surface area contributed by atoms with Crippen molar-refractivity contribution >= 4 is 0 Å². The molecule has 0 atom stereocenters. The Morgan fingerprint density at radius 2 is 1.83 bits per heavy atom. The Balaban J connectivity index is 3.62. The smallest absolute Gasteiger partial charge is 0.266 e. The van der Waals surface area contributed by atoms with E-state index in [1.807, 2.05) is 32.9 Å². The molecule has 98 valence electrons. The fourth-order valence-electron chi connectivity index (χ4n) is 1.82. The molecule has 18 heavy (non-hydrogen) atoms. The maximum absolute atomic E-state index is 12.0. The van der Waals surface area contributed by atoms with Crippen molar-refractivity contribution in [1.29, 1.82) is 5.26 Å². The van der Waals surface area contributed by atoms with Gasteiger partial charge in [-0.3, -0.25) is 4.79 Å². The Morgan fingerprint density at radius 1 is 1.28 bits per heavy atom. The zero-order chi connectivity index (χ0) is 14.1. The van der Waals surface area contributed by atoms with Crippen molar-refractivity contribution in [2.45, 2.75) is 58.8 Å². The summed E-state index contributed by atoms with van der Waals surface area (Å²) in [6.45, 7) is 12.3. The molecular formula is C15H22N2O. The topological polar surface area (TPSA) is 56.6 Å². The first kappa shape index (κ1) is 14.5. The fourth-order valence-corrected chi connectivity index (χ4v) is 1.82. The highest BCUT2D eigenvalue weighted by Gasteiger charge is 2.26. The normalized spacial score (nSPS) is 12.3. The predicted octanol–water partition coefficient (Wildman–Crippen LogP) is 3.23. The van der Waals surface area contributed by atoms with Crippen molar-refractivity contribution in [3.63, 3.8) is 0 Å². The van der Waals surface area contributed by atoms with E-state index in [-0.39, 0.29) is 22.0 Å². The first-order valence-corrected chi connectivity index (χ1v) is 6.32. The summed E-state index contributed by atoms with van der Waals surface area (Å²) in [5, 5.41) is 9.14. The van der Waals surface area contributed by atoms with Crippen molar-refractivity contribution in [1.82, 2.24) is 4.98 Å². The number of hydrogen-bond donors (Lipinski definition) is 1. The second-order valence-electron chi connectivity index (χ2n) is 6.40. The van der Waals surface area contributed by atoms with E-state index < -0.39 is 0 Å². The standard InChI is InChI=1S/C15H22N2O/c1-7-15(5,6)12-8-11(14(2,3)4)10(9-16)13(18)17-12/h8H,7H2,1-6H3,(H,17,18). The van der Waals surface area contributed by atoms with E-state index in [0.29, 0.717) is 0 Å². The molecule has 0 amide bonds. The zero-order valence-electron chi connectivity index (χ0n) is 12.1. The molecule has 3 heteroatoms. The number of pyridine rings is 1. The lowest BCUT2D eigenvalue weighted by atomic mass is 9.80. The van der Waals surface area contributed by atoms with Gasteiger partial charge in [0.25, 0.3) is 5.56 Å². The molecule has 0 saturated heterocycles. The van der Waals surface area contributed by atoms with Crippen LogP contribution in [0.1, 0.15) is 64.8 Å². The van der Waals surface area contributed by atoms with E-state index in [4.69, 9.17) is 5.26 Å². The van der Waals surface area contributed by atoms with Crippen LogP contribution in [0.2, 0.25) is 0 Å². The number of nitriles is 1. The largest absolute Gasteiger partial charge is 0.325 e. The molecule has 0 spiro atoms. The van der Waals surface area contributed by atoms with Crippen LogP contribution in [0, 0.1) is 11.3 Å². The monoisotopic (exact) mass is 246 g/mol. The van der Waals surface area contributed by atoms with E-state index >= 15 is 0 Å². The Morgan fingerprint density at radius 3 is 2.22 bits per heavy atom. The van der Waals surface area contributed by atoms with Gasteiger partial charge in [0, 0.05) is 11.1 Å². The summed E-state index contributed by atoms with van der Waals surface area (Å²) >= 11 is 0. The molecule has 1 heterocycles. The Bertz CT molecular complexity index is 539. The van der Waals surface area contributed by atoms with E-state index in [2.05, 4.69) is 25.8 Å². The number of hydrogen-bond acceptors (Lipinski definition) is 2. The molecule has 0 radical (unpaired) electrons. The fraction of sp³-hybridized carbons (Fsp3) is 0.600. The minimum Gasteiger partial charge on any atom is -0.325 e. The Kier molecular flexibility index (Phi) is 3.71. The third-order valence-electron chi connectivity index (χ3n) is 3.57. The Hall–Kier alpha value is -1.56. The van der Waals surface area contributed by atoms with Crippen molar-refractivity contribution in [2.75, 3.05) is 0 Å². The second kappa shape index (κ2) is 4.61. The minimum absolute atomic E-state index is 0.0901. The van der Waals surface area contributed by atoms with Gasteiger partial charge in [0.2, 0.25) is 0 Å². The van der Waals surface area contributed by atoms with Crippen molar-refractivity contribution in [3.05, 3.63) is 33.2 Å². The molecule has 0 aliphatic carbocycles. The number of nitrogens with one attached hydrogen (secondary N) is 1. The number of aromatic nitrogens is 1. The van der Waals surface area contributed by atoms with Crippen LogP contribution in [0.4, 0.5) is 0 Å². The molecule has 0 saturated carbocycles. The summed E-state index contributed by atoms with van der Waals surface area (Å²) in [7, 11) is 0. The summed E-state index contributed by atoms with van der Waals surface area (Å²) in [5.74, 6) is 0.